The molecule has 6 nitrogen and oxygen atoms in total. The number of carbonyl (C=O) groups excluding carboxylic acids is 1. The van der Waals surface area contributed by atoms with Crippen LogP contribution >= 0.6 is 23.2 Å². The van der Waals surface area contributed by atoms with E-state index < -0.39 is 0 Å². The summed E-state index contributed by atoms with van der Waals surface area (Å²) in [7, 11) is 0. The van der Waals surface area contributed by atoms with E-state index >= 15 is 0 Å². The summed E-state index contributed by atoms with van der Waals surface area (Å²) in [5.74, 6) is 0.808. The Hall–Kier alpha value is -2.70. The summed E-state index contributed by atoms with van der Waals surface area (Å²) in [6.45, 7) is 4.35. The Kier molecular flexibility index (Phi) is 7.99. The van der Waals surface area contributed by atoms with Gasteiger partial charge < -0.3 is 19.5 Å². The Balaban J connectivity index is 1.69. The van der Waals surface area contributed by atoms with Gasteiger partial charge in [-0.2, -0.15) is 0 Å². The van der Waals surface area contributed by atoms with Crippen molar-refractivity contribution >= 4 is 34.9 Å². The molecule has 2 amide bonds. The number of amides is 2. The maximum atomic E-state index is 13.0. The number of urea groups is 1. The van der Waals surface area contributed by atoms with Crippen LogP contribution in [0.25, 0.3) is 0 Å². The average molecular weight is 447 g/mol. The maximum Gasteiger partial charge on any atom is 0.322 e. The number of nitrogens with one attached hydrogen (secondary N) is 1. The summed E-state index contributed by atoms with van der Waals surface area (Å²) < 4.78 is 7.48. The molecule has 1 aromatic heterocycles. The quantitative estimate of drug-likeness (QED) is 0.457. The summed E-state index contributed by atoms with van der Waals surface area (Å²) in [4.78, 5) is 18.8. The van der Waals surface area contributed by atoms with Crippen molar-refractivity contribution in [2.75, 3.05) is 18.5 Å². The van der Waals surface area contributed by atoms with E-state index in [-0.39, 0.29) is 6.03 Å². The zero-order valence-corrected chi connectivity index (χ0v) is 18.2. The molecule has 0 bridgehead atoms. The van der Waals surface area contributed by atoms with Crippen LogP contribution < -0.4 is 10.1 Å². The SMILES string of the molecule is CCOc1ccc(CN(CCCn2ccnc2)C(=O)Nc2cc(Cl)ccc2Cl)cc1. The van der Waals surface area contributed by atoms with Gasteiger partial charge in [0.15, 0.2) is 0 Å². The second-order valence-corrected chi connectivity index (χ2v) is 7.55. The minimum atomic E-state index is -0.237. The molecule has 0 saturated heterocycles. The van der Waals surface area contributed by atoms with E-state index in [0.717, 1.165) is 24.3 Å². The second kappa shape index (κ2) is 10.9. The monoisotopic (exact) mass is 446 g/mol. The Morgan fingerprint density at radius 1 is 1.20 bits per heavy atom. The predicted molar refractivity (Wildman–Crippen MR) is 120 cm³/mol. The first-order chi connectivity index (χ1) is 14.5. The molecule has 0 atom stereocenters. The van der Waals surface area contributed by atoms with E-state index in [1.54, 1.807) is 35.6 Å². The molecule has 0 aliphatic carbocycles. The molecule has 0 radical (unpaired) electrons. The third-order valence-corrected chi connectivity index (χ3v) is 5.03. The number of anilines is 1. The van der Waals surface area contributed by atoms with Crippen LogP contribution in [0.1, 0.15) is 18.9 Å². The van der Waals surface area contributed by atoms with Crippen molar-refractivity contribution < 1.29 is 9.53 Å². The van der Waals surface area contributed by atoms with Crippen molar-refractivity contribution in [3.63, 3.8) is 0 Å². The molecule has 1 N–H and O–H groups in total. The number of ether oxygens (including phenoxy) is 1. The first-order valence-corrected chi connectivity index (χ1v) is 10.5. The van der Waals surface area contributed by atoms with Gasteiger partial charge in [-0.3, -0.25) is 0 Å². The van der Waals surface area contributed by atoms with E-state index in [0.29, 0.717) is 35.4 Å². The van der Waals surface area contributed by atoms with Crippen LogP contribution in [0.5, 0.6) is 5.75 Å². The van der Waals surface area contributed by atoms with Gasteiger partial charge in [-0.15, -0.1) is 0 Å². The molecule has 0 aliphatic rings. The van der Waals surface area contributed by atoms with Gasteiger partial charge >= 0.3 is 6.03 Å². The number of benzene rings is 2. The molecule has 1 heterocycles. The van der Waals surface area contributed by atoms with Crippen molar-refractivity contribution in [3.05, 3.63) is 76.8 Å². The van der Waals surface area contributed by atoms with Gasteiger partial charge in [0.05, 0.1) is 23.6 Å². The van der Waals surface area contributed by atoms with E-state index in [1.165, 1.54) is 0 Å². The van der Waals surface area contributed by atoms with Crippen molar-refractivity contribution in [3.8, 4) is 5.75 Å². The van der Waals surface area contributed by atoms with Crippen LogP contribution in [0.15, 0.2) is 61.2 Å². The van der Waals surface area contributed by atoms with Gasteiger partial charge in [0.2, 0.25) is 0 Å². The number of imidazole rings is 1. The lowest BCUT2D eigenvalue weighted by Gasteiger charge is -2.24. The van der Waals surface area contributed by atoms with E-state index in [4.69, 9.17) is 27.9 Å². The van der Waals surface area contributed by atoms with Crippen LogP contribution in [0.4, 0.5) is 10.5 Å². The second-order valence-electron chi connectivity index (χ2n) is 6.71. The van der Waals surface area contributed by atoms with E-state index in [2.05, 4.69) is 10.3 Å². The molecule has 0 spiro atoms. The molecular weight excluding hydrogens is 423 g/mol. The molecule has 3 rings (SSSR count). The number of aryl methyl sites for hydroxylation is 1. The van der Waals surface area contributed by atoms with Gasteiger partial charge in [0.25, 0.3) is 0 Å². The van der Waals surface area contributed by atoms with Crippen LogP contribution in [-0.2, 0) is 13.1 Å². The number of carbonyl (C=O) groups is 1. The highest BCUT2D eigenvalue weighted by molar-refractivity contribution is 6.35. The zero-order chi connectivity index (χ0) is 21.3. The minimum Gasteiger partial charge on any atom is -0.494 e. The molecule has 3 aromatic rings. The molecule has 30 heavy (non-hydrogen) atoms. The number of rotatable bonds is 9. The maximum absolute atomic E-state index is 13.0. The molecule has 0 aliphatic heterocycles. The van der Waals surface area contributed by atoms with Gasteiger partial charge in [-0.25, -0.2) is 9.78 Å². The summed E-state index contributed by atoms with van der Waals surface area (Å²) in [6.07, 6.45) is 6.20. The summed E-state index contributed by atoms with van der Waals surface area (Å²) >= 11 is 12.3. The smallest absolute Gasteiger partial charge is 0.322 e. The normalized spacial score (nSPS) is 10.6. The molecule has 8 heteroatoms. The van der Waals surface area contributed by atoms with Crippen LogP contribution in [0.3, 0.4) is 0 Å². The van der Waals surface area contributed by atoms with Gasteiger partial charge in [0.1, 0.15) is 5.75 Å². The summed E-state index contributed by atoms with van der Waals surface area (Å²) in [5.41, 5.74) is 1.49. The van der Waals surface area contributed by atoms with Crippen LogP contribution in [0.2, 0.25) is 10.0 Å². The highest BCUT2D eigenvalue weighted by Crippen LogP contribution is 2.26. The fourth-order valence-corrected chi connectivity index (χ4v) is 3.32. The van der Waals surface area contributed by atoms with E-state index in [9.17, 15) is 4.79 Å². The average Bonchev–Trinajstić information content (AvgIpc) is 3.25. The topological polar surface area (TPSA) is 59.4 Å². The molecule has 0 unspecified atom stereocenters. The molecule has 2 aromatic carbocycles. The first-order valence-electron chi connectivity index (χ1n) is 9.73. The van der Waals surface area contributed by atoms with Gasteiger partial charge in [0, 0.05) is 37.1 Å². The molecule has 0 saturated carbocycles. The third-order valence-electron chi connectivity index (χ3n) is 4.47. The van der Waals surface area contributed by atoms with E-state index in [1.807, 2.05) is 42.0 Å². The Morgan fingerprint density at radius 3 is 2.70 bits per heavy atom. The first kappa shape index (κ1) is 22.0. The summed E-state index contributed by atoms with van der Waals surface area (Å²) in [6, 6.07) is 12.5. The highest BCUT2D eigenvalue weighted by atomic mass is 35.5. The lowest BCUT2D eigenvalue weighted by Crippen LogP contribution is -2.35. The van der Waals surface area contributed by atoms with Gasteiger partial charge in [-0.1, -0.05) is 35.3 Å². The molecular formula is C22H24Cl2N4O2. The Labute approximate surface area is 186 Å². The lowest BCUT2D eigenvalue weighted by atomic mass is 10.2. The lowest BCUT2D eigenvalue weighted by molar-refractivity contribution is 0.207. The molecule has 0 fully saturated rings. The standard InChI is InChI=1S/C22H24Cl2N4O2/c1-2-30-19-7-4-17(5-8-19)15-28(12-3-11-27-13-10-25-16-27)22(29)26-21-14-18(23)6-9-20(21)24/h4-10,13-14,16H,2-3,11-12,15H2,1H3,(H,26,29). The summed E-state index contributed by atoms with van der Waals surface area (Å²) in [5, 5.41) is 3.82. The minimum absolute atomic E-state index is 0.237. The van der Waals surface area contributed by atoms with Crippen LogP contribution in [0, 0.1) is 0 Å². The van der Waals surface area contributed by atoms with Crippen molar-refractivity contribution in [2.45, 2.75) is 26.4 Å². The fourth-order valence-electron chi connectivity index (χ4n) is 2.98. The van der Waals surface area contributed by atoms with Crippen molar-refractivity contribution in [1.29, 1.82) is 0 Å². The largest absolute Gasteiger partial charge is 0.494 e. The zero-order valence-electron chi connectivity index (χ0n) is 16.7. The number of hydrogen-bond acceptors (Lipinski definition) is 3. The van der Waals surface area contributed by atoms with Gasteiger partial charge in [-0.05, 0) is 49.2 Å². The number of halogens is 2. The third kappa shape index (κ3) is 6.40. The number of nitrogens with zero attached hydrogens (tertiary/aromatic N) is 3. The predicted octanol–water partition coefficient (Wildman–Crippen LogP) is 5.71. The number of hydrogen-bond donors (Lipinski definition) is 1. The Morgan fingerprint density at radius 2 is 2.00 bits per heavy atom. The van der Waals surface area contributed by atoms with Crippen molar-refractivity contribution in [1.82, 2.24) is 14.5 Å². The van der Waals surface area contributed by atoms with Crippen molar-refractivity contribution in [2.24, 2.45) is 0 Å². The highest BCUT2D eigenvalue weighted by Gasteiger charge is 2.16. The molecule has 158 valence electrons. The number of aromatic nitrogens is 2. The fraction of sp³-hybridized carbons (Fsp3) is 0.273. The Bertz CT molecular complexity index is 946. The van der Waals surface area contributed by atoms with Crippen LogP contribution in [-0.4, -0.2) is 33.6 Å².